The predicted octanol–water partition coefficient (Wildman–Crippen LogP) is 4.05. The van der Waals surface area contributed by atoms with Crippen LogP contribution in [0.25, 0.3) is 0 Å². The summed E-state index contributed by atoms with van der Waals surface area (Å²) in [6, 6.07) is 2.67. The molecular formula is C15H22BrCl2FN2O. The van der Waals surface area contributed by atoms with Gasteiger partial charge in [0.1, 0.15) is 11.6 Å². The van der Waals surface area contributed by atoms with Crippen molar-refractivity contribution in [1.82, 2.24) is 10.2 Å². The Balaban J connectivity index is 0.00000220. The number of benzene rings is 1. The molecule has 1 heterocycles. The third-order valence-corrected chi connectivity index (χ3v) is 4.16. The van der Waals surface area contributed by atoms with E-state index in [-0.39, 0.29) is 42.4 Å². The van der Waals surface area contributed by atoms with Gasteiger partial charge in [0.2, 0.25) is 0 Å². The van der Waals surface area contributed by atoms with E-state index in [0.717, 1.165) is 31.8 Å². The second kappa shape index (κ2) is 9.73. The third kappa shape index (κ3) is 5.39. The highest BCUT2D eigenvalue weighted by molar-refractivity contribution is 9.10. The van der Waals surface area contributed by atoms with E-state index in [1.54, 1.807) is 0 Å². The van der Waals surface area contributed by atoms with Crippen molar-refractivity contribution in [2.24, 2.45) is 0 Å². The van der Waals surface area contributed by atoms with Crippen LogP contribution in [0.2, 0.25) is 0 Å². The number of aromatic hydroxyl groups is 1. The fraction of sp³-hybridized carbons (Fsp3) is 0.467. The van der Waals surface area contributed by atoms with E-state index in [1.807, 2.05) is 6.92 Å². The molecule has 2 rings (SSSR count). The van der Waals surface area contributed by atoms with Gasteiger partial charge in [-0.15, -0.1) is 31.4 Å². The Bertz CT molecular complexity index is 511. The zero-order chi connectivity index (χ0) is 14.7. The summed E-state index contributed by atoms with van der Waals surface area (Å²) in [4.78, 5) is 2.27. The van der Waals surface area contributed by atoms with E-state index in [9.17, 15) is 9.50 Å². The molecule has 2 N–H and O–H groups in total. The van der Waals surface area contributed by atoms with Crippen LogP contribution in [0.1, 0.15) is 24.9 Å². The Morgan fingerprint density at radius 2 is 2.00 bits per heavy atom. The van der Waals surface area contributed by atoms with E-state index >= 15 is 0 Å². The number of hydrogen-bond donors (Lipinski definition) is 2. The van der Waals surface area contributed by atoms with E-state index in [4.69, 9.17) is 0 Å². The van der Waals surface area contributed by atoms with Crippen LogP contribution in [0.3, 0.4) is 0 Å². The number of nitrogens with one attached hydrogen (secondary N) is 1. The van der Waals surface area contributed by atoms with Crippen molar-refractivity contribution in [2.75, 3.05) is 26.2 Å². The number of halogens is 4. The molecular weight excluding hydrogens is 394 g/mol. The Hall–Kier alpha value is -0.330. The number of hydrogen-bond acceptors (Lipinski definition) is 3. The molecule has 0 unspecified atom stereocenters. The molecule has 1 atom stereocenters. The van der Waals surface area contributed by atoms with Crippen LogP contribution in [0.5, 0.6) is 5.75 Å². The second-order valence-corrected chi connectivity index (χ2v) is 6.14. The zero-order valence-electron chi connectivity index (χ0n) is 12.4. The van der Waals surface area contributed by atoms with E-state index in [1.165, 1.54) is 12.1 Å². The molecule has 0 amide bonds. The lowest BCUT2D eigenvalue weighted by molar-refractivity contribution is 0.169. The normalized spacial score (nSPS) is 16.3. The molecule has 22 heavy (non-hydrogen) atoms. The highest BCUT2D eigenvalue weighted by Crippen LogP contribution is 2.38. The highest BCUT2D eigenvalue weighted by atomic mass is 79.9. The van der Waals surface area contributed by atoms with Crippen molar-refractivity contribution in [1.29, 1.82) is 0 Å². The highest BCUT2D eigenvalue weighted by Gasteiger charge is 2.26. The van der Waals surface area contributed by atoms with Gasteiger partial charge < -0.3 is 10.4 Å². The lowest BCUT2D eigenvalue weighted by Crippen LogP contribution is -2.45. The molecule has 0 radical (unpaired) electrons. The number of nitrogens with zero attached hydrogens (tertiary/aromatic N) is 1. The topological polar surface area (TPSA) is 35.5 Å². The SMILES string of the molecule is C=C(C)C[C@H](c1cc(F)cc(Br)c1O)N1CCNCC1.Cl.Cl. The van der Waals surface area contributed by atoms with Gasteiger partial charge in [-0.2, -0.15) is 0 Å². The third-order valence-electron chi connectivity index (χ3n) is 3.55. The molecule has 0 saturated carbocycles. The minimum absolute atomic E-state index is 0. The largest absolute Gasteiger partial charge is 0.506 e. The lowest BCUT2D eigenvalue weighted by atomic mass is 9.97. The second-order valence-electron chi connectivity index (χ2n) is 5.29. The van der Waals surface area contributed by atoms with E-state index in [0.29, 0.717) is 16.5 Å². The van der Waals surface area contributed by atoms with Crippen molar-refractivity contribution in [2.45, 2.75) is 19.4 Å². The number of phenols is 1. The van der Waals surface area contributed by atoms with Gasteiger partial charge in [-0.3, -0.25) is 4.90 Å². The zero-order valence-corrected chi connectivity index (χ0v) is 15.7. The molecule has 0 spiro atoms. The van der Waals surface area contributed by atoms with Gasteiger partial charge in [0.15, 0.2) is 0 Å². The van der Waals surface area contributed by atoms with Crippen LogP contribution < -0.4 is 5.32 Å². The first-order valence-electron chi connectivity index (χ1n) is 6.76. The van der Waals surface area contributed by atoms with Crippen LogP contribution >= 0.6 is 40.7 Å². The summed E-state index contributed by atoms with van der Waals surface area (Å²) >= 11 is 3.21. The van der Waals surface area contributed by atoms with Crippen LogP contribution in [-0.4, -0.2) is 36.2 Å². The summed E-state index contributed by atoms with van der Waals surface area (Å²) in [6.45, 7) is 9.49. The molecule has 1 aliphatic heterocycles. The van der Waals surface area contributed by atoms with Crippen molar-refractivity contribution in [3.05, 3.63) is 40.1 Å². The summed E-state index contributed by atoms with van der Waals surface area (Å²) in [7, 11) is 0. The molecule has 0 aliphatic carbocycles. The molecule has 3 nitrogen and oxygen atoms in total. The number of piperazine rings is 1. The maximum absolute atomic E-state index is 13.7. The fourth-order valence-corrected chi connectivity index (χ4v) is 3.05. The molecule has 0 bridgehead atoms. The first-order chi connectivity index (χ1) is 9.49. The van der Waals surface area contributed by atoms with Gasteiger partial charge in [0.25, 0.3) is 0 Å². The standard InChI is InChI=1S/C15H20BrFN2O.2ClH/c1-10(2)7-14(19-5-3-18-4-6-19)12-8-11(17)9-13(16)15(12)20;;/h8-9,14,18,20H,1,3-7H2,2H3;2*1H/t14-;;/m1../s1. The molecule has 7 heteroatoms. The van der Waals surface area contributed by atoms with Gasteiger partial charge in [-0.25, -0.2) is 4.39 Å². The van der Waals surface area contributed by atoms with Crippen LogP contribution in [0.4, 0.5) is 4.39 Å². The number of rotatable bonds is 4. The molecule has 1 aromatic rings. The van der Waals surface area contributed by atoms with Gasteiger partial charge in [0, 0.05) is 37.8 Å². The van der Waals surface area contributed by atoms with Crippen molar-refractivity contribution in [3.63, 3.8) is 0 Å². The van der Waals surface area contributed by atoms with Crippen molar-refractivity contribution in [3.8, 4) is 5.75 Å². The molecule has 1 aliphatic rings. The van der Waals surface area contributed by atoms with Crippen LogP contribution in [0.15, 0.2) is 28.8 Å². The van der Waals surface area contributed by atoms with E-state index < -0.39 is 0 Å². The van der Waals surface area contributed by atoms with Crippen molar-refractivity contribution < 1.29 is 9.50 Å². The average molecular weight is 416 g/mol. The van der Waals surface area contributed by atoms with E-state index in [2.05, 4.69) is 32.7 Å². The molecule has 1 fully saturated rings. The van der Waals surface area contributed by atoms with Gasteiger partial charge >= 0.3 is 0 Å². The maximum Gasteiger partial charge on any atom is 0.134 e. The Labute approximate surface area is 151 Å². The maximum atomic E-state index is 13.7. The van der Waals surface area contributed by atoms with Crippen LogP contribution in [-0.2, 0) is 0 Å². The summed E-state index contributed by atoms with van der Waals surface area (Å²) in [5.74, 6) is -0.220. The molecule has 126 valence electrons. The quantitative estimate of drug-likeness (QED) is 0.728. The minimum Gasteiger partial charge on any atom is -0.506 e. The first-order valence-corrected chi connectivity index (χ1v) is 7.55. The summed E-state index contributed by atoms with van der Waals surface area (Å²) in [5.41, 5.74) is 1.65. The van der Waals surface area contributed by atoms with Gasteiger partial charge in [-0.1, -0.05) is 5.57 Å². The van der Waals surface area contributed by atoms with Crippen LogP contribution in [0, 0.1) is 5.82 Å². The summed E-state index contributed by atoms with van der Waals surface area (Å²) in [6.07, 6.45) is 0.712. The Morgan fingerprint density at radius 3 is 2.55 bits per heavy atom. The molecule has 0 aromatic heterocycles. The smallest absolute Gasteiger partial charge is 0.134 e. The lowest BCUT2D eigenvalue weighted by Gasteiger charge is -2.35. The molecule has 1 saturated heterocycles. The number of phenolic OH excluding ortho intramolecular Hbond substituents is 1. The Kier molecular flexibility index (Phi) is 9.58. The van der Waals surface area contributed by atoms with Crippen molar-refractivity contribution >= 4 is 40.7 Å². The predicted molar refractivity (Wildman–Crippen MR) is 96.9 cm³/mol. The Morgan fingerprint density at radius 1 is 1.41 bits per heavy atom. The monoisotopic (exact) mass is 414 g/mol. The fourth-order valence-electron chi connectivity index (χ4n) is 2.60. The summed E-state index contributed by atoms with van der Waals surface area (Å²) in [5, 5.41) is 13.6. The minimum atomic E-state index is -0.341. The molecule has 1 aromatic carbocycles. The van der Waals surface area contributed by atoms with Gasteiger partial charge in [-0.05, 0) is 41.4 Å². The van der Waals surface area contributed by atoms with Gasteiger partial charge in [0.05, 0.1) is 4.47 Å². The first kappa shape index (κ1) is 21.7. The summed E-state index contributed by atoms with van der Waals surface area (Å²) < 4.78 is 14.1. The average Bonchev–Trinajstić information content (AvgIpc) is 2.41.